The largest absolute Gasteiger partial charge is 0.294 e. The van der Waals surface area contributed by atoms with E-state index in [0.29, 0.717) is 12.0 Å². The Hall–Kier alpha value is -0.790. The maximum Gasteiger partial charge on any atom is 0.0467 e. The quantitative estimate of drug-likeness (QED) is 0.632. The van der Waals surface area contributed by atoms with E-state index < -0.39 is 0 Å². The van der Waals surface area contributed by atoms with Crippen molar-refractivity contribution >= 4 is 6.21 Å². The van der Waals surface area contributed by atoms with E-state index in [1.807, 2.05) is 6.21 Å². The highest BCUT2D eigenvalue weighted by molar-refractivity contribution is 5.70. The van der Waals surface area contributed by atoms with E-state index in [9.17, 15) is 0 Å². The standard InChI is InChI=1S/C13H24N2/c1-4-13(5-2)9-6-10-14-15-11-7-8-12(15)3/h6,9-10,12-13H,4-5,7-8,11H2,1-3H3/b9-6+,14-10+. The SMILES string of the molecule is CCC(/C=C/C=N/N1CCCC1C)CC. The molecule has 0 radical (unpaired) electrons. The van der Waals surface area contributed by atoms with Gasteiger partial charge in [-0.05, 0) is 44.6 Å². The monoisotopic (exact) mass is 208 g/mol. The zero-order valence-corrected chi connectivity index (χ0v) is 10.3. The fraction of sp³-hybridized carbons (Fsp3) is 0.769. The van der Waals surface area contributed by atoms with Crippen molar-refractivity contribution in [1.82, 2.24) is 5.01 Å². The smallest absolute Gasteiger partial charge is 0.0467 e. The lowest BCUT2D eigenvalue weighted by atomic mass is 10.0. The third kappa shape index (κ3) is 4.06. The minimum absolute atomic E-state index is 0.628. The molecule has 0 aliphatic carbocycles. The van der Waals surface area contributed by atoms with Crippen molar-refractivity contribution in [2.24, 2.45) is 11.0 Å². The lowest BCUT2D eigenvalue weighted by Gasteiger charge is -2.16. The van der Waals surface area contributed by atoms with Crippen molar-refractivity contribution in [3.63, 3.8) is 0 Å². The molecule has 2 heteroatoms. The molecule has 86 valence electrons. The molecule has 0 saturated carbocycles. The summed E-state index contributed by atoms with van der Waals surface area (Å²) < 4.78 is 0. The molecule has 0 spiro atoms. The fourth-order valence-electron chi connectivity index (χ4n) is 1.98. The van der Waals surface area contributed by atoms with Gasteiger partial charge in [0, 0.05) is 18.8 Å². The van der Waals surface area contributed by atoms with Crippen LogP contribution in [0.2, 0.25) is 0 Å². The molecule has 0 bridgehead atoms. The molecule has 1 rings (SSSR count). The van der Waals surface area contributed by atoms with Crippen LogP contribution in [0.25, 0.3) is 0 Å². The van der Waals surface area contributed by atoms with Gasteiger partial charge in [-0.25, -0.2) is 0 Å². The van der Waals surface area contributed by atoms with Crippen LogP contribution in [0, 0.1) is 5.92 Å². The Labute approximate surface area is 94.0 Å². The number of allylic oxidation sites excluding steroid dienone is 2. The van der Waals surface area contributed by atoms with Crippen molar-refractivity contribution in [1.29, 1.82) is 0 Å². The molecule has 0 aromatic carbocycles. The molecule has 0 N–H and O–H groups in total. The average molecular weight is 208 g/mol. The van der Waals surface area contributed by atoms with E-state index in [-0.39, 0.29) is 0 Å². The first-order chi connectivity index (χ1) is 7.27. The Kier molecular flexibility index (Phi) is 5.44. The molecule has 0 aromatic rings. The summed E-state index contributed by atoms with van der Waals surface area (Å²) >= 11 is 0. The van der Waals surface area contributed by atoms with Crippen LogP contribution in [0.1, 0.15) is 46.5 Å². The third-order valence-electron chi connectivity index (χ3n) is 3.25. The Bertz CT molecular complexity index is 217. The molecular weight excluding hydrogens is 184 g/mol. The van der Waals surface area contributed by atoms with Gasteiger partial charge in [0.1, 0.15) is 0 Å². The van der Waals surface area contributed by atoms with Gasteiger partial charge in [-0.3, -0.25) is 5.01 Å². The summed E-state index contributed by atoms with van der Waals surface area (Å²) in [5.41, 5.74) is 0. The summed E-state index contributed by atoms with van der Waals surface area (Å²) in [7, 11) is 0. The number of rotatable bonds is 5. The highest BCUT2D eigenvalue weighted by Crippen LogP contribution is 2.15. The highest BCUT2D eigenvalue weighted by Gasteiger charge is 2.17. The van der Waals surface area contributed by atoms with Crippen molar-refractivity contribution < 1.29 is 0 Å². The molecule has 1 unspecified atom stereocenters. The van der Waals surface area contributed by atoms with Gasteiger partial charge in [-0.1, -0.05) is 19.9 Å². The lowest BCUT2D eigenvalue weighted by Crippen LogP contribution is -2.20. The molecule has 1 atom stereocenters. The number of nitrogens with zero attached hydrogens (tertiary/aromatic N) is 2. The van der Waals surface area contributed by atoms with E-state index in [1.54, 1.807) is 0 Å². The first-order valence-electron chi connectivity index (χ1n) is 6.25. The van der Waals surface area contributed by atoms with E-state index in [0.717, 1.165) is 6.54 Å². The van der Waals surface area contributed by atoms with Crippen LogP contribution in [-0.2, 0) is 0 Å². The van der Waals surface area contributed by atoms with E-state index in [1.165, 1.54) is 25.7 Å². The van der Waals surface area contributed by atoms with Crippen molar-refractivity contribution in [3.05, 3.63) is 12.2 Å². The predicted octanol–water partition coefficient (Wildman–Crippen LogP) is 3.45. The maximum atomic E-state index is 4.47. The lowest BCUT2D eigenvalue weighted by molar-refractivity contribution is 0.285. The summed E-state index contributed by atoms with van der Waals surface area (Å²) in [6, 6.07) is 0.628. The second-order valence-corrected chi connectivity index (χ2v) is 4.38. The van der Waals surface area contributed by atoms with Crippen LogP contribution in [0.4, 0.5) is 0 Å². The molecule has 15 heavy (non-hydrogen) atoms. The molecule has 0 aromatic heterocycles. The van der Waals surface area contributed by atoms with Crippen LogP contribution in [0.3, 0.4) is 0 Å². The minimum atomic E-state index is 0.628. The Morgan fingerprint density at radius 3 is 2.67 bits per heavy atom. The van der Waals surface area contributed by atoms with Gasteiger partial charge >= 0.3 is 0 Å². The van der Waals surface area contributed by atoms with Gasteiger partial charge in [0.15, 0.2) is 0 Å². The van der Waals surface area contributed by atoms with Crippen LogP contribution in [0.5, 0.6) is 0 Å². The summed E-state index contributed by atoms with van der Waals surface area (Å²) in [4.78, 5) is 0. The van der Waals surface area contributed by atoms with Gasteiger partial charge < -0.3 is 0 Å². The second kappa shape index (κ2) is 6.65. The van der Waals surface area contributed by atoms with Crippen LogP contribution >= 0.6 is 0 Å². The summed E-state index contributed by atoms with van der Waals surface area (Å²) in [5, 5.41) is 6.66. The van der Waals surface area contributed by atoms with Gasteiger partial charge in [-0.15, -0.1) is 0 Å². The Morgan fingerprint density at radius 2 is 2.13 bits per heavy atom. The van der Waals surface area contributed by atoms with Gasteiger partial charge in [-0.2, -0.15) is 5.10 Å². The highest BCUT2D eigenvalue weighted by atomic mass is 15.5. The second-order valence-electron chi connectivity index (χ2n) is 4.38. The molecule has 1 saturated heterocycles. The van der Waals surface area contributed by atoms with Gasteiger partial charge in [0.25, 0.3) is 0 Å². The first-order valence-corrected chi connectivity index (χ1v) is 6.25. The zero-order valence-electron chi connectivity index (χ0n) is 10.3. The molecular formula is C13H24N2. The third-order valence-corrected chi connectivity index (χ3v) is 3.25. The Morgan fingerprint density at radius 1 is 1.40 bits per heavy atom. The summed E-state index contributed by atoms with van der Waals surface area (Å²) in [5.74, 6) is 0.715. The fourth-order valence-corrected chi connectivity index (χ4v) is 1.98. The predicted molar refractivity (Wildman–Crippen MR) is 67.1 cm³/mol. The number of hydrazone groups is 1. The molecule has 0 amide bonds. The van der Waals surface area contributed by atoms with Crippen molar-refractivity contribution in [2.45, 2.75) is 52.5 Å². The molecule has 2 nitrogen and oxygen atoms in total. The summed E-state index contributed by atoms with van der Waals surface area (Å²) in [6.45, 7) is 7.84. The molecule has 1 aliphatic heterocycles. The molecule has 1 fully saturated rings. The topological polar surface area (TPSA) is 15.6 Å². The average Bonchev–Trinajstić information content (AvgIpc) is 2.65. The van der Waals surface area contributed by atoms with Crippen molar-refractivity contribution in [3.8, 4) is 0 Å². The first kappa shape index (κ1) is 12.3. The normalized spacial score (nSPS) is 22.7. The van der Waals surface area contributed by atoms with E-state index >= 15 is 0 Å². The van der Waals surface area contributed by atoms with Crippen LogP contribution < -0.4 is 0 Å². The number of hydrogen-bond donors (Lipinski definition) is 0. The van der Waals surface area contributed by atoms with E-state index in [2.05, 4.69) is 43.0 Å². The van der Waals surface area contributed by atoms with Crippen LogP contribution in [0.15, 0.2) is 17.3 Å². The zero-order chi connectivity index (χ0) is 11.1. The van der Waals surface area contributed by atoms with Gasteiger partial charge in [0.2, 0.25) is 0 Å². The summed E-state index contributed by atoms with van der Waals surface area (Å²) in [6.07, 6.45) is 11.3. The minimum Gasteiger partial charge on any atom is -0.294 e. The Balaban J connectivity index is 2.31. The number of hydrogen-bond acceptors (Lipinski definition) is 2. The molecule has 1 heterocycles. The van der Waals surface area contributed by atoms with E-state index in [4.69, 9.17) is 0 Å². The van der Waals surface area contributed by atoms with Crippen LogP contribution in [-0.4, -0.2) is 23.8 Å². The van der Waals surface area contributed by atoms with Crippen molar-refractivity contribution in [2.75, 3.05) is 6.54 Å². The van der Waals surface area contributed by atoms with Gasteiger partial charge in [0.05, 0.1) is 0 Å². The molecule has 1 aliphatic rings. The maximum absolute atomic E-state index is 4.47.